The van der Waals surface area contributed by atoms with Gasteiger partial charge in [0.05, 0.1) is 19.8 Å². The first-order chi connectivity index (χ1) is 13.7. The third-order valence-electron chi connectivity index (χ3n) is 5.81. The summed E-state index contributed by atoms with van der Waals surface area (Å²) in [5.74, 6) is 1.31. The van der Waals surface area contributed by atoms with Gasteiger partial charge in [-0.05, 0) is 49.9 Å². The molecule has 7 heteroatoms. The van der Waals surface area contributed by atoms with E-state index < -0.39 is 0 Å². The van der Waals surface area contributed by atoms with E-state index in [1.807, 2.05) is 12.1 Å². The summed E-state index contributed by atoms with van der Waals surface area (Å²) in [7, 11) is 0. The minimum absolute atomic E-state index is 0.154. The molecule has 7 nitrogen and oxygen atoms in total. The zero-order chi connectivity index (χ0) is 19.3. The molecule has 4 rings (SSSR count). The number of nitrogens with zero attached hydrogens (tertiary/aromatic N) is 1. The Bertz CT molecular complexity index is 718. The standard InChI is InChI=1S/C21H29N3O4/c25-20(23-21(26)22-16-5-1-2-6-16)14-24-10-3-7-17(24)15-8-9-18-19(13-15)28-12-4-11-27-18/h8-9,13,16-17H,1-7,10-12,14H2,(H2,22,23,25,26)/t17-/m0/s1. The summed E-state index contributed by atoms with van der Waals surface area (Å²) in [6.07, 6.45) is 7.18. The first-order valence-corrected chi connectivity index (χ1v) is 10.4. The molecule has 2 N–H and O–H groups in total. The number of nitrogens with one attached hydrogen (secondary N) is 2. The van der Waals surface area contributed by atoms with E-state index >= 15 is 0 Å². The van der Waals surface area contributed by atoms with Crippen LogP contribution in [0.5, 0.6) is 11.5 Å². The van der Waals surface area contributed by atoms with E-state index in [1.165, 1.54) is 0 Å². The highest BCUT2D eigenvalue weighted by Crippen LogP contribution is 2.37. The van der Waals surface area contributed by atoms with Crippen LogP contribution in [0.15, 0.2) is 18.2 Å². The molecule has 28 heavy (non-hydrogen) atoms. The Labute approximate surface area is 165 Å². The Morgan fingerprint density at radius 1 is 1.00 bits per heavy atom. The number of imide groups is 1. The van der Waals surface area contributed by atoms with Gasteiger partial charge < -0.3 is 14.8 Å². The number of ether oxygens (including phenoxy) is 2. The fourth-order valence-corrected chi connectivity index (χ4v) is 4.42. The minimum Gasteiger partial charge on any atom is -0.490 e. The molecule has 0 spiro atoms. The lowest BCUT2D eigenvalue weighted by atomic mass is 10.0. The Kier molecular flexibility index (Phi) is 6.00. The van der Waals surface area contributed by atoms with Gasteiger partial charge in [-0.1, -0.05) is 18.9 Å². The largest absolute Gasteiger partial charge is 0.490 e. The van der Waals surface area contributed by atoms with Crippen molar-refractivity contribution in [2.24, 2.45) is 0 Å². The molecule has 1 aliphatic carbocycles. The van der Waals surface area contributed by atoms with E-state index in [2.05, 4.69) is 21.6 Å². The SMILES string of the molecule is O=C(CN1CCC[C@H]1c1ccc2c(c1)OCCCO2)NC(=O)NC1CCCC1. The number of likely N-dealkylation sites (tertiary alicyclic amines) is 1. The first kappa shape index (κ1) is 19.1. The maximum Gasteiger partial charge on any atom is 0.321 e. The molecule has 1 saturated heterocycles. The van der Waals surface area contributed by atoms with Crippen molar-refractivity contribution in [3.8, 4) is 11.5 Å². The van der Waals surface area contributed by atoms with E-state index in [-0.39, 0.29) is 30.6 Å². The molecular weight excluding hydrogens is 358 g/mol. The molecule has 0 unspecified atom stereocenters. The third kappa shape index (κ3) is 4.58. The number of rotatable bonds is 4. The number of hydrogen-bond acceptors (Lipinski definition) is 5. The average molecular weight is 387 g/mol. The predicted molar refractivity (Wildman–Crippen MR) is 105 cm³/mol. The fraction of sp³-hybridized carbons (Fsp3) is 0.619. The van der Waals surface area contributed by atoms with Crippen LogP contribution in [0.3, 0.4) is 0 Å². The lowest BCUT2D eigenvalue weighted by molar-refractivity contribution is -0.121. The quantitative estimate of drug-likeness (QED) is 0.830. The normalized spacial score (nSPS) is 22.6. The van der Waals surface area contributed by atoms with Crippen LogP contribution in [0.25, 0.3) is 0 Å². The van der Waals surface area contributed by atoms with Crippen LogP contribution < -0.4 is 20.1 Å². The topological polar surface area (TPSA) is 79.9 Å². The van der Waals surface area contributed by atoms with E-state index in [0.717, 1.165) is 68.6 Å². The van der Waals surface area contributed by atoms with Gasteiger partial charge in [0.15, 0.2) is 11.5 Å². The Balaban J connectivity index is 1.35. The lowest BCUT2D eigenvalue weighted by Crippen LogP contribution is -2.46. The molecular formula is C21H29N3O4. The van der Waals surface area contributed by atoms with Crippen molar-refractivity contribution in [3.05, 3.63) is 23.8 Å². The number of amides is 3. The number of fused-ring (bicyclic) bond motifs is 1. The minimum atomic E-state index is -0.372. The maximum atomic E-state index is 12.4. The Hall–Kier alpha value is -2.28. The molecule has 2 heterocycles. The van der Waals surface area contributed by atoms with Crippen LogP contribution in [0.1, 0.15) is 56.6 Å². The zero-order valence-corrected chi connectivity index (χ0v) is 16.2. The van der Waals surface area contributed by atoms with Crippen molar-refractivity contribution in [1.82, 2.24) is 15.5 Å². The Morgan fingerprint density at radius 2 is 1.79 bits per heavy atom. The molecule has 1 aromatic carbocycles. The van der Waals surface area contributed by atoms with Crippen molar-refractivity contribution in [2.45, 2.75) is 57.0 Å². The highest BCUT2D eigenvalue weighted by Gasteiger charge is 2.29. The molecule has 0 bridgehead atoms. The zero-order valence-electron chi connectivity index (χ0n) is 16.2. The molecule has 152 valence electrons. The summed E-state index contributed by atoms with van der Waals surface area (Å²) in [4.78, 5) is 26.6. The van der Waals surface area contributed by atoms with Gasteiger partial charge in [-0.25, -0.2) is 4.79 Å². The molecule has 2 aliphatic heterocycles. The molecule has 2 fully saturated rings. The second kappa shape index (κ2) is 8.82. The van der Waals surface area contributed by atoms with Gasteiger partial charge in [-0.15, -0.1) is 0 Å². The molecule has 0 aromatic heterocycles. The maximum absolute atomic E-state index is 12.4. The van der Waals surface area contributed by atoms with Crippen LogP contribution in [-0.4, -0.2) is 49.2 Å². The number of carbonyl (C=O) groups excluding carboxylic acids is 2. The summed E-state index contributed by atoms with van der Waals surface area (Å²) < 4.78 is 11.5. The average Bonchev–Trinajstić information content (AvgIpc) is 3.28. The van der Waals surface area contributed by atoms with Gasteiger partial charge >= 0.3 is 6.03 Å². The summed E-state index contributed by atoms with van der Waals surface area (Å²) in [5.41, 5.74) is 1.13. The van der Waals surface area contributed by atoms with Gasteiger partial charge in [0.1, 0.15) is 0 Å². The van der Waals surface area contributed by atoms with Crippen molar-refractivity contribution >= 4 is 11.9 Å². The summed E-state index contributed by atoms with van der Waals surface area (Å²) in [6.45, 7) is 2.39. The van der Waals surface area contributed by atoms with Crippen molar-refractivity contribution in [3.63, 3.8) is 0 Å². The predicted octanol–water partition coefficient (Wildman–Crippen LogP) is 2.75. The highest BCUT2D eigenvalue weighted by atomic mass is 16.5. The van der Waals surface area contributed by atoms with Gasteiger partial charge in [-0.2, -0.15) is 0 Å². The van der Waals surface area contributed by atoms with Gasteiger partial charge in [0, 0.05) is 18.5 Å². The number of urea groups is 1. The third-order valence-corrected chi connectivity index (χ3v) is 5.81. The number of hydrogen-bond donors (Lipinski definition) is 2. The second-order valence-corrected chi connectivity index (χ2v) is 7.89. The number of benzene rings is 1. The van der Waals surface area contributed by atoms with Gasteiger partial charge in [0.25, 0.3) is 0 Å². The van der Waals surface area contributed by atoms with Crippen LogP contribution in [-0.2, 0) is 4.79 Å². The molecule has 3 amide bonds. The molecule has 3 aliphatic rings. The van der Waals surface area contributed by atoms with Crippen molar-refractivity contribution < 1.29 is 19.1 Å². The van der Waals surface area contributed by atoms with Crippen LogP contribution in [0, 0.1) is 0 Å². The van der Waals surface area contributed by atoms with Crippen LogP contribution in [0.2, 0.25) is 0 Å². The lowest BCUT2D eigenvalue weighted by Gasteiger charge is -2.25. The monoisotopic (exact) mass is 387 g/mol. The summed E-state index contributed by atoms with van der Waals surface area (Å²) in [6, 6.07) is 6.04. The smallest absolute Gasteiger partial charge is 0.321 e. The molecule has 1 atom stereocenters. The molecule has 1 aromatic rings. The van der Waals surface area contributed by atoms with Crippen molar-refractivity contribution in [2.75, 3.05) is 26.3 Å². The first-order valence-electron chi connectivity index (χ1n) is 10.4. The van der Waals surface area contributed by atoms with E-state index in [4.69, 9.17) is 9.47 Å². The van der Waals surface area contributed by atoms with Crippen LogP contribution >= 0.6 is 0 Å². The van der Waals surface area contributed by atoms with E-state index in [1.54, 1.807) is 0 Å². The summed E-state index contributed by atoms with van der Waals surface area (Å²) >= 11 is 0. The summed E-state index contributed by atoms with van der Waals surface area (Å²) in [5, 5.41) is 5.39. The van der Waals surface area contributed by atoms with Gasteiger partial charge in [0.2, 0.25) is 5.91 Å². The second-order valence-electron chi connectivity index (χ2n) is 7.89. The molecule has 1 saturated carbocycles. The van der Waals surface area contributed by atoms with E-state index in [9.17, 15) is 9.59 Å². The van der Waals surface area contributed by atoms with Gasteiger partial charge in [-0.3, -0.25) is 15.0 Å². The highest BCUT2D eigenvalue weighted by molar-refractivity contribution is 5.95. The Morgan fingerprint density at radius 3 is 2.61 bits per heavy atom. The van der Waals surface area contributed by atoms with Crippen molar-refractivity contribution in [1.29, 1.82) is 0 Å². The van der Waals surface area contributed by atoms with E-state index in [0.29, 0.717) is 13.2 Å². The number of carbonyl (C=O) groups is 2. The van der Waals surface area contributed by atoms with Crippen LogP contribution in [0.4, 0.5) is 4.79 Å². The molecule has 0 radical (unpaired) electrons. The fourth-order valence-electron chi connectivity index (χ4n) is 4.42.